The summed E-state index contributed by atoms with van der Waals surface area (Å²) in [6.45, 7) is 8.15. The first-order chi connectivity index (χ1) is 7.61. The van der Waals surface area contributed by atoms with E-state index in [0.29, 0.717) is 10.5 Å². The maximum Gasteiger partial charge on any atom is 0.180 e. The lowest BCUT2D eigenvalue weighted by Crippen LogP contribution is -2.40. The van der Waals surface area contributed by atoms with Gasteiger partial charge in [0.05, 0.1) is 0 Å². The summed E-state index contributed by atoms with van der Waals surface area (Å²) in [5.41, 5.74) is 6.16. The molecule has 3 nitrogen and oxygen atoms in total. The van der Waals surface area contributed by atoms with Crippen LogP contribution in [0.3, 0.4) is 0 Å². The highest BCUT2D eigenvalue weighted by Crippen LogP contribution is 2.33. The third-order valence-electron chi connectivity index (χ3n) is 3.66. The molecule has 0 bridgehead atoms. The second kappa shape index (κ2) is 6.03. The molecule has 98 valence electrons. The summed E-state index contributed by atoms with van der Waals surface area (Å²) < 4.78 is 0. The van der Waals surface area contributed by atoms with Crippen LogP contribution < -0.4 is 5.73 Å². The Bertz CT molecular complexity index is 355. The van der Waals surface area contributed by atoms with Crippen molar-refractivity contribution < 1.29 is 0 Å². The zero-order chi connectivity index (χ0) is 11.6. The molecule has 0 saturated carbocycles. The highest BCUT2D eigenvalue weighted by molar-refractivity contribution is 7.15. The van der Waals surface area contributed by atoms with Crippen LogP contribution in [-0.2, 0) is 6.54 Å². The van der Waals surface area contributed by atoms with Crippen LogP contribution in [0.15, 0.2) is 6.20 Å². The molecule has 0 aromatic carbocycles. The molecule has 0 amide bonds. The predicted octanol–water partition coefficient (Wildman–Crippen LogP) is 3.16. The molecule has 17 heavy (non-hydrogen) atoms. The van der Waals surface area contributed by atoms with Crippen molar-refractivity contribution in [2.75, 3.05) is 18.8 Å². The van der Waals surface area contributed by atoms with Gasteiger partial charge in [-0.05, 0) is 31.2 Å². The summed E-state index contributed by atoms with van der Waals surface area (Å²) in [4.78, 5) is 7.94. The Kier molecular flexibility index (Phi) is 5.22. The molecule has 2 N–H and O–H groups in total. The first kappa shape index (κ1) is 14.7. The monoisotopic (exact) mass is 275 g/mol. The lowest BCUT2D eigenvalue weighted by molar-refractivity contribution is 0.0945. The van der Waals surface area contributed by atoms with Gasteiger partial charge in [0.1, 0.15) is 0 Å². The van der Waals surface area contributed by atoms with Crippen LogP contribution in [0.1, 0.15) is 38.0 Å². The van der Waals surface area contributed by atoms with E-state index in [-0.39, 0.29) is 12.4 Å². The van der Waals surface area contributed by atoms with E-state index in [2.05, 4.69) is 23.7 Å². The van der Waals surface area contributed by atoms with Crippen LogP contribution in [0.2, 0.25) is 0 Å². The van der Waals surface area contributed by atoms with Crippen LogP contribution in [0, 0.1) is 5.41 Å². The summed E-state index contributed by atoms with van der Waals surface area (Å²) in [7, 11) is 0. The first-order valence-corrected chi connectivity index (χ1v) is 6.85. The zero-order valence-corrected chi connectivity index (χ0v) is 12.2. The Morgan fingerprint density at radius 3 is 2.94 bits per heavy atom. The second-order valence-electron chi connectivity index (χ2n) is 5.14. The Morgan fingerprint density at radius 2 is 2.35 bits per heavy atom. The van der Waals surface area contributed by atoms with Gasteiger partial charge in [-0.2, -0.15) is 0 Å². The van der Waals surface area contributed by atoms with Crippen molar-refractivity contribution in [1.29, 1.82) is 0 Å². The van der Waals surface area contributed by atoms with Crippen molar-refractivity contribution in [1.82, 2.24) is 9.88 Å². The van der Waals surface area contributed by atoms with Crippen molar-refractivity contribution in [3.63, 3.8) is 0 Å². The molecule has 1 fully saturated rings. The number of piperidine rings is 1. The van der Waals surface area contributed by atoms with Gasteiger partial charge in [-0.15, -0.1) is 23.7 Å². The van der Waals surface area contributed by atoms with Crippen molar-refractivity contribution >= 4 is 28.9 Å². The Balaban J connectivity index is 0.00000144. The molecule has 0 aliphatic carbocycles. The van der Waals surface area contributed by atoms with E-state index in [9.17, 15) is 0 Å². The SMILES string of the molecule is CCC1(C)CCCN(Cc2cnc(N)s2)C1.Cl. The molecule has 2 rings (SSSR count). The number of likely N-dealkylation sites (tertiary alicyclic amines) is 1. The number of hydrogen-bond acceptors (Lipinski definition) is 4. The van der Waals surface area contributed by atoms with Gasteiger partial charge >= 0.3 is 0 Å². The van der Waals surface area contributed by atoms with E-state index in [0.717, 1.165) is 6.54 Å². The van der Waals surface area contributed by atoms with Gasteiger partial charge in [0.2, 0.25) is 0 Å². The zero-order valence-electron chi connectivity index (χ0n) is 10.6. The maximum atomic E-state index is 5.65. The van der Waals surface area contributed by atoms with E-state index in [1.807, 2.05) is 6.20 Å². The number of nitrogen functional groups attached to an aromatic ring is 1. The van der Waals surface area contributed by atoms with Crippen LogP contribution >= 0.6 is 23.7 Å². The highest BCUT2D eigenvalue weighted by Gasteiger charge is 2.29. The summed E-state index contributed by atoms with van der Waals surface area (Å²) in [5, 5.41) is 0.685. The van der Waals surface area contributed by atoms with Crippen molar-refractivity contribution in [2.45, 2.75) is 39.7 Å². The molecule has 1 aliphatic rings. The third kappa shape index (κ3) is 3.83. The predicted molar refractivity (Wildman–Crippen MR) is 76.7 cm³/mol. The number of anilines is 1. The number of aromatic nitrogens is 1. The minimum absolute atomic E-state index is 0. The minimum Gasteiger partial charge on any atom is -0.375 e. The van der Waals surface area contributed by atoms with Gasteiger partial charge in [-0.3, -0.25) is 4.90 Å². The summed E-state index contributed by atoms with van der Waals surface area (Å²) >= 11 is 1.61. The number of hydrogen-bond donors (Lipinski definition) is 1. The number of rotatable bonds is 3. The van der Waals surface area contributed by atoms with Gasteiger partial charge in [-0.25, -0.2) is 4.98 Å². The minimum atomic E-state index is 0. The van der Waals surface area contributed by atoms with E-state index in [1.54, 1.807) is 11.3 Å². The topological polar surface area (TPSA) is 42.2 Å². The smallest absolute Gasteiger partial charge is 0.180 e. The fourth-order valence-electron chi connectivity index (χ4n) is 2.47. The summed E-state index contributed by atoms with van der Waals surface area (Å²) in [6, 6.07) is 0. The molecule has 1 aliphatic heterocycles. The first-order valence-electron chi connectivity index (χ1n) is 6.04. The number of thiazole rings is 1. The second-order valence-corrected chi connectivity index (χ2v) is 6.29. The number of halogens is 1. The van der Waals surface area contributed by atoms with E-state index >= 15 is 0 Å². The van der Waals surface area contributed by atoms with E-state index < -0.39 is 0 Å². The Morgan fingerprint density at radius 1 is 1.59 bits per heavy atom. The average molecular weight is 276 g/mol. The molecule has 0 radical (unpaired) electrons. The van der Waals surface area contributed by atoms with Gasteiger partial charge in [0, 0.05) is 24.2 Å². The maximum absolute atomic E-state index is 5.65. The molecule has 1 unspecified atom stereocenters. The molecule has 1 aromatic heterocycles. The lowest BCUT2D eigenvalue weighted by atomic mass is 9.80. The summed E-state index contributed by atoms with van der Waals surface area (Å²) in [6.07, 6.45) is 5.87. The molecule has 5 heteroatoms. The molecule has 1 atom stereocenters. The van der Waals surface area contributed by atoms with Crippen molar-refractivity contribution in [3.05, 3.63) is 11.1 Å². The standard InChI is InChI=1S/C12H21N3S.ClH/c1-3-12(2)5-4-6-15(9-12)8-10-7-14-11(13)16-10;/h7H,3-6,8-9H2,1-2H3,(H2,13,14);1H. The largest absolute Gasteiger partial charge is 0.375 e. The molecule has 1 saturated heterocycles. The van der Waals surface area contributed by atoms with E-state index in [1.165, 1.54) is 37.2 Å². The molecular formula is C12H22ClN3S. The van der Waals surface area contributed by atoms with Crippen LogP contribution in [0.4, 0.5) is 5.13 Å². The van der Waals surface area contributed by atoms with Crippen LogP contribution in [0.5, 0.6) is 0 Å². The third-order valence-corrected chi connectivity index (χ3v) is 4.48. The number of nitrogens with zero attached hydrogens (tertiary/aromatic N) is 2. The van der Waals surface area contributed by atoms with Crippen LogP contribution in [-0.4, -0.2) is 23.0 Å². The molecule has 1 aromatic rings. The van der Waals surface area contributed by atoms with Gasteiger partial charge in [-0.1, -0.05) is 13.8 Å². The van der Waals surface area contributed by atoms with Crippen molar-refractivity contribution in [2.24, 2.45) is 5.41 Å². The fourth-order valence-corrected chi connectivity index (χ4v) is 3.19. The lowest BCUT2D eigenvalue weighted by Gasteiger charge is -2.39. The number of nitrogens with two attached hydrogens (primary N) is 1. The normalized spacial score (nSPS) is 25.5. The summed E-state index contributed by atoms with van der Waals surface area (Å²) in [5.74, 6) is 0. The molecule has 0 spiro atoms. The van der Waals surface area contributed by atoms with E-state index in [4.69, 9.17) is 5.73 Å². The Labute approximate surface area is 114 Å². The Hall–Kier alpha value is -0.320. The van der Waals surface area contributed by atoms with Gasteiger partial charge in [0.25, 0.3) is 0 Å². The quantitative estimate of drug-likeness (QED) is 0.921. The average Bonchev–Trinajstić information content (AvgIpc) is 2.64. The fraction of sp³-hybridized carbons (Fsp3) is 0.750. The van der Waals surface area contributed by atoms with Crippen molar-refractivity contribution in [3.8, 4) is 0 Å². The van der Waals surface area contributed by atoms with Gasteiger partial charge in [0.15, 0.2) is 5.13 Å². The van der Waals surface area contributed by atoms with Crippen LogP contribution in [0.25, 0.3) is 0 Å². The highest BCUT2D eigenvalue weighted by atomic mass is 35.5. The molecule has 2 heterocycles. The molecular weight excluding hydrogens is 254 g/mol. The van der Waals surface area contributed by atoms with Gasteiger partial charge < -0.3 is 5.73 Å².